The second-order valence-electron chi connectivity index (χ2n) is 5.30. The molecule has 0 aromatic heterocycles. The number of amides is 3. The highest BCUT2D eigenvalue weighted by molar-refractivity contribution is 5.94. The smallest absolute Gasteiger partial charge is 0.321 e. The molecule has 0 radical (unpaired) electrons. The lowest BCUT2D eigenvalue weighted by Crippen LogP contribution is -3.09. The average molecular weight is 308 g/mol. The first-order valence-corrected chi connectivity index (χ1v) is 7.36. The van der Waals surface area contributed by atoms with Gasteiger partial charge in [0, 0.05) is 12.1 Å². The number of fused-ring (bicyclic) bond motifs is 1. The molecule has 1 atom stereocenters. The molecule has 3 N–H and O–H groups in total. The minimum atomic E-state index is -0.442. The Balaban J connectivity index is 1.78. The van der Waals surface area contributed by atoms with Crippen molar-refractivity contribution in [2.24, 2.45) is 0 Å². The molecule has 1 aliphatic heterocycles. The number of quaternary nitrogens is 1. The molecule has 0 bridgehead atoms. The predicted octanol–water partition coefficient (Wildman–Crippen LogP) is -0.334. The molecule has 3 amide bonds. The predicted molar refractivity (Wildman–Crippen MR) is 79.9 cm³/mol. The highest BCUT2D eigenvalue weighted by Crippen LogP contribution is 2.32. The van der Waals surface area contributed by atoms with Crippen molar-refractivity contribution in [1.82, 2.24) is 10.6 Å². The summed E-state index contributed by atoms with van der Waals surface area (Å²) in [5, 5.41) is 4.92. The molecule has 0 fully saturated rings. The Kier molecular flexibility index (Phi) is 5.60. The van der Waals surface area contributed by atoms with Crippen molar-refractivity contribution in [3.63, 3.8) is 0 Å². The van der Waals surface area contributed by atoms with E-state index < -0.39 is 6.03 Å². The molecule has 1 heterocycles. The van der Waals surface area contributed by atoms with Gasteiger partial charge in [0.25, 0.3) is 5.91 Å². The molecule has 1 aliphatic rings. The molecule has 1 aromatic carbocycles. The van der Waals surface area contributed by atoms with E-state index in [4.69, 9.17) is 9.47 Å². The molecular weight excluding hydrogens is 286 g/mol. The largest absolute Gasteiger partial charge is 0.454 e. The fraction of sp³-hybridized carbons (Fsp3) is 0.467. The minimum absolute atomic E-state index is 0.216. The molecular formula is C15H22N3O4+. The van der Waals surface area contributed by atoms with Gasteiger partial charge in [-0.25, -0.2) is 4.79 Å². The van der Waals surface area contributed by atoms with E-state index >= 15 is 0 Å². The number of carbonyl (C=O) groups excluding carboxylic acids is 2. The zero-order chi connectivity index (χ0) is 15.9. The van der Waals surface area contributed by atoms with Crippen molar-refractivity contribution in [2.45, 2.75) is 19.9 Å². The maximum atomic E-state index is 11.8. The van der Waals surface area contributed by atoms with Gasteiger partial charge in [-0.15, -0.1) is 0 Å². The van der Waals surface area contributed by atoms with Gasteiger partial charge >= 0.3 is 6.03 Å². The van der Waals surface area contributed by atoms with Gasteiger partial charge in [-0.2, -0.15) is 0 Å². The molecule has 0 aliphatic carbocycles. The topological polar surface area (TPSA) is 81.1 Å². The summed E-state index contributed by atoms with van der Waals surface area (Å²) in [4.78, 5) is 24.1. The van der Waals surface area contributed by atoms with Crippen LogP contribution in [-0.2, 0) is 11.3 Å². The van der Waals surface area contributed by atoms with Crippen LogP contribution in [0.3, 0.4) is 0 Å². The van der Waals surface area contributed by atoms with Crippen LogP contribution in [0.15, 0.2) is 18.2 Å². The lowest BCUT2D eigenvalue weighted by atomic mass is 10.2. The third-order valence-electron chi connectivity index (χ3n) is 3.19. The highest BCUT2D eigenvalue weighted by atomic mass is 16.7. The molecule has 0 saturated heterocycles. The first-order valence-electron chi connectivity index (χ1n) is 7.36. The summed E-state index contributed by atoms with van der Waals surface area (Å²) in [5.74, 6) is 1.17. The van der Waals surface area contributed by atoms with Gasteiger partial charge < -0.3 is 19.7 Å². The minimum Gasteiger partial charge on any atom is -0.454 e. The van der Waals surface area contributed by atoms with Crippen LogP contribution in [0.4, 0.5) is 4.79 Å². The van der Waals surface area contributed by atoms with Gasteiger partial charge in [0.2, 0.25) is 6.79 Å². The van der Waals surface area contributed by atoms with Crippen molar-refractivity contribution in [1.29, 1.82) is 0 Å². The van der Waals surface area contributed by atoms with E-state index in [1.54, 1.807) is 0 Å². The van der Waals surface area contributed by atoms with Crippen LogP contribution in [0.1, 0.15) is 18.9 Å². The van der Waals surface area contributed by atoms with Gasteiger partial charge in [-0.3, -0.25) is 10.1 Å². The van der Waals surface area contributed by atoms with Crippen molar-refractivity contribution >= 4 is 11.9 Å². The number of benzene rings is 1. The van der Waals surface area contributed by atoms with Gasteiger partial charge in [-0.05, 0) is 24.6 Å². The Labute approximate surface area is 129 Å². The fourth-order valence-electron chi connectivity index (χ4n) is 2.19. The van der Waals surface area contributed by atoms with Crippen molar-refractivity contribution in [2.75, 3.05) is 26.9 Å². The number of carbonyl (C=O) groups is 2. The van der Waals surface area contributed by atoms with E-state index in [2.05, 4.69) is 10.6 Å². The number of hydrogen-bond donors (Lipinski definition) is 3. The standard InChI is InChI=1S/C15H21N3O4/c1-3-6-16-15(20)17-14(19)9-18(2)8-11-4-5-12-13(7-11)22-10-21-12/h4-5,7H,3,6,8-10H2,1-2H3,(H2,16,17,19,20)/p+1. The number of likely N-dealkylation sites (N-methyl/N-ethyl adjacent to an activating group) is 1. The van der Waals surface area contributed by atoms with Crippen LogP contribution in [0.5, 0.6) is 11.5 Å². The number of nitrogens with one attached hydrogen (secondary N) is 3. The second-order valence-corrected chi connectivity index (χ2v) is 5.30. The van der Waals surface area contributed by atoms with Gasteiger partial charge in [0.05, 0.1) is 7.05 Å². The Bertz CT molecular complexity index is 548. The first kappa shape index (κ1) is 16.1. The Morgan fingerprint density at radius 1 is 1.27 bits per heavy atom. The SMILES string of the molecule is CCCNC(=O)NC(=O)C[NH+](C)Cc1ccc2c(c1)OCO2. The Morgan fingerprint density at radius 2 is 2.05 bits per heavy atom. The summed E-state index contributed by atoms with van der Waals surface area (Å²) in [6.07, 6.45) is 0.830. The maximum Gasteiger partial charge on any atom is 0.321 e. The van der Waals surface area contributed by atoms with Crippen molar-refractivity contribution < 1.29 is 24.0 Å². The summed E-state index contributed by atoms with van der Waals surface area (Å²) < 4.78 is 10.6. The summed E-state index contributed by atoms with van der Waals surface area (Å²) in [5.41, 5.74) is 1.05. The maximum absolute atomic E-state index is 11.8. The van der Waals surface area contributed by atoms with Gasteiger partial charge in [-0.1, -0.05) is 6.92 Å². The Morgan fingerprint density at radius 3 is 2.82 bits per heavy atom. The third kappa shape index (κ3) is 4.63. The summed E-state index contributed by atoms with van der Waals surface area (Å²) in [6, 6.07) is 5.28. The molecule has 2 rings (SSSR count). The second kappa shape index (κ2) is 7.65. The molecule has 1 unspecified atom stereocenters. The first-order chi connectivity index (χ1) is 10.6. The van der Waals surface area contributed by atoms with Crippen LogP contribution in [0, 0.1) is 0 Å². The number of hydrogen-bond acceptors (Lipinski definition) is 4. The molecule has 7 nitrogen and oxygen atoms in total. The van der Waals surface area contributed by atoms with Crippen molar-refractivity contribution in [3.05, 3.63) is 23.8 Å². The molecule has 7 heteroatoms. The van der Waals surface area contributed by atoms with Crippen LogP contribution in [0.2, 0.25) is 0 Å². The van der Waals surface area contributed by atoms with Crippen LogP contribution < -0.4 is 25.0 Å². The summed E-state index contributed by atoms with van der Waals surface area (Å²) in [7, 11) is 1.90. The van der Waals surface area contributed by atoms with E-state index in [1.807, 2.05) is 32.2 Å². The van der Waals surface area contributed by atoms with Gasteiger partial charge in [0.1, 0.15) is 6.54 Å². The van der Waals surface area contributed by atoms with Crippen molar-refractivity contribution in [3.8, 4) is 11.5 Å². The van der Waals surface area contributed by atoms with E-state index in [-0.39, 0.29) is 19.2 Å². The normalized spacial score (nSPS) is 13.5. The van der Waals surface area contributed by atoms with E-state index in [1.165, 1.54) is 0 Å². The average Bonchev–Trinajstić information content (AvgIpc) is 2.92. The third-order valence-corrected chi connectivity index (χ3v) is 3.19. The molecule has 0 spiro atoms. The number of ether oxygens (including phenoxy) is 2. The van der Waals surface area contributed by atoms with Gasteiger partial charge in [0.15, 0.2) is 18.0 Å². The molecule has 1 aromatic rings. The zero-order valence-corrected chi connectivity index (χ0v) is 12.9. The van der Waals surface area contributed by atoms with E-state index in [0.717, 1.165) is 28.4 Å². The molecule has 22 heavy (non-hydrogen) atoms. The number of rotatable bonds is 6. The summed E-state index contributed by atoms with van der Waals surface area (Å²) >= 11 is 0. The van der Waals surface area contributed by atoms with Crippen LogP contribution >= 0.6 is 0 Å². The summed E-state index contributed by atoms with van der Waals surface area (Å²) in [6.45, 7) is 3.62. The quantitative estimate of drug-likeness (QED) is 0.672. The molecule has 120 valence electrons. The number of imide groups is 1. The lowest BCUT2D eigenvalue weighted by molar-refractivity contribution is -0.885. The van der Waals surface area contributed by atoms with Crippen LogP contribution in [-0.4, -0.2) is 38.9 Å². The fourth-order valence-corrected chi connectivity index (χ4v) is 2.19. The van der Waals surface area contributed by atoms with E-state index in [0.29, 0.717) is 13.1 Å². The highest BCUT2D eigenvalue weighted by Gasteiger charge is 2.16. The number of urea groups is 1. The zero-order valence-electron chi connectivity index (χ0n) is 12.9. The monoisotopic (exact) mass is 308 g/mol. The van der Waals surface area contributed by atoms with E-state index in [9.17, 15) is 9.59 Å². The lowest BCUT2D eigenvalue weighted by Gasteiger charge is -2.14. The van der Waals surface area contributed by atoms with Crippen LogP contribution in [0.25, 0.3) is 0 Å². The Hall–Kier alpha value is -2.28. The molecule has 0 saturated carbocycles.